The van der Waals surface area contributed by atoms with Crippen molar-refractivity contribution in [2.45, 2.75) is 42.7 Å². The third-order valence-corrected chi connectivity index (χ3v) is 7.28. The van der Waals surface area contributed by atoms with Crippen LogP contribution in [0.4, 0.5) is 4.39 Å². The molecule has 1 aliphatic heterocycles. The summed E-state index contributed by atoms with van der Waals surface area (Å²) in [7, 11) is 0. The van der Waals surface area contributed by atoms with Gasteiger partial charge in [-0.25, -0.2) is 4.39 Å². The predicted molar refractivity (Wildman–Crippen MR) is 115 cm³/mol. The molecule has 5 nitrogen and oxygen atoms in total. The molecule has 1 unspecified atom stereocenters. The first-order valence-electron chi connectivity index (χ1n) is 10.3. The number of hydrogen-bond acceptors (Lipinski definition) is 3. The minimum absolute atomic E-state index is 0.00530. The highest BCUT2D eigenvalue weighted by Gasteiger charge is 2.72. The number of benzene rings is 2. The molecule has 1 atom stereocenters. The Bertz CT molecular complexity index is 1040. The maximum Gasteiger partial charge on any atom is 0.258 e. The zero-order chi connectivity index (χ0) is 21.8. The summed E-state index contributed by atoms with van der Waals surface area (Å²) in [5.41, 5.74) is 0.609. The van der Waals surface area contributed by atoms with Crippen LogP contribution in [-0.4, -0.2) is 40.9 Å². The zero-order valence-electron chi connectivity index (χ0n) is 16.7. The molecule has 6 rings (SSSR count). The summed E-state index contributed by atoms with van der Waals surface area (Å²) in [6, 6.07) is 11.5. The molecule has 31 heavy (non-hydrogen) atoms. The summed E-state index contributed by atoms with van der Waals surface area (Å²) in [4.78, 5) is 27.4. The number of ether oxygens (including phenoxy) is 1. The van der Waals surface area contributed by atoms with Gasteiger partial charge in [-0.2, -0.15) is 0 Å². The molecule has 2 aromatic carbocycles. The van der Waals surface area contributed by atoms with Crippen LogP contribution in [0.15, 0.2) is 42.5 Å². The highest BCUT2D eigenvalue weighted by Crippen LogP contribution is 2.64. The van der Waals surface area contributed by atoms with Crippen LogP contribution in [0, 0.1) is 5.82 Å². The maximum atomic E-state index is 13.5. The SMILES string of the molecule is O=C(COc1ccc(Cl)c(F)c1)NC12CC(N3CCC(c4ccc(Cl)cc4)C3=O)(C1)C2. The van der Waals surface area contributed by atoms with Crippen LogP contribution >= 0.6 is 23.2 Å². The zero-order valence-corrected chi connectivity index (χ0v) is 18.2. The fraction of sp³-hybridized carbons (Fsp3) is 0.391. The Hall–Kier alpha value is -2.31. The van der Waals surface area contributed by atoms with Crippen LogP contribution in [0.3, 0.4) is 0 Å². The van der Waals surface area contributed by atoms with E-state index in [0.717, 1.165) is 43.9 Å². The Morgan fingerprint density at radius 2 is 1.87 bits per heavy atom. The number of carbonyl (C=O) groups excluding carboxylic acids is 2. The smallest absolute Gasteiger partial charge is 0.258 e. The van der Waals surface area contributed by atoms with Crippen LogP contribution in [0.2, 0.25) is 10.0 Å². The number of halogens is 3. The summed E-state index contributed by atoms with van der Waals surface area (Å²) in [5.74, 6) is -0.550. The Morgan fingerprint density at radius 3 is 2.55 bits per heavy atom. The van der Waals surface area contributed by atoms with E-state index in [1.54, 1.807) is 0 Å². The predicted octanol–water partition coefficient (Wildman–Crippen LogP) is 4.32. The van der Waals surface area contributed by atoms with Gasteiger partial charge in [-0.05, 0) is 55.5 Å². The lowest BCUT2D eigenvalue weighted by Crippen LogP contribution is -2.84. The highest BCUT2D eigenvalue weighted by molar-refractivity contribution is 6.31. The molecule has 8 heteroatoms. The number of hydrogen-bond donors (Lipinski definition) is 1. The fourth-order valence-electron chi connectivity index (χ4n) is 5.36. The van der Waals surface area contributed by atoms with Gasteiger partial charge in [-0.15, -0.1) is 0 Å². The molecule has 2 amide bonds. The summed E-state index contributed by atoms with van der Waals surface area (Å²) >= 11 is 11.6. The van der Waals surface area contributed by atoms with E-state index in [9.17, 15) is 14.0 Å². The number of nitrogens with zero attached hydrogens (tertiary/aromatic N) is 1. The quantitative estimate of drug-likeness (QED) is 0.695. The molecule has 3 saturated carbocycles. The molecule has 0 aromatic heterocycles. The van der Waals surface area contributed by atoms with Crippen LogP contribution < -0.4 is 10.1 Å². The average molecular weight is 463 g/mol. The van der Waals surface area contributed by atoms with Crippen molar-refractivity contribution in [3.8, 4) is 5.75 Å². The monoisotopic (exact) mass is 462 g/mol. The van der Waals surface area contributed by atoms with E-state index in [1.807, 2.05) is 29.2 Å². The minimum atomic E-state index is -0.590. The summed E-state index contributed by atoms with van der Waals surface area (Å²) < 4.78 is 18.8. The van der Waals surface area contributed by atoms with Crippen LogP contribution in [0.5, 0.6) is 5.75 Å². The summed E-state index contributed by atoms with van der Waals surface area (Å²) in [5, 5.41) is 3.70. The normalized spacial score (nSPS) is 28.7. The third kappa shape index (κ3) is 3.56. The van der Waals surface area contributed by atoms with Gasteiger partial charge in [0.05, 0.1) is 10.9 Å². The van der Waals surface area contributed by atoms with E-state index in [1.165, 1.54) is 12.1 Å². The second kappa shape index (κ2) is 7.38. The van der Waals surface area contributed by atoms with Crippen molar-refractivity contribution in [2.24, 2.45) is 0 Å². The molecule has 162 valence electrons. The number of nitrogens with one attached hydrogen (secondary N) is 1. The lowest BCUT2D eigenvalue weighted by atomic mass is 9.43. The standard InChI is InChI=1S/C23H21Cl2FN2O3/c24-15-3-1-14(2-4-15)17-7-8-28(21(17)30)23-11-22(12-23,13-23)27-20(29)10-31-16-5-6-18(25)19(26)9-16/h1-6,9,17H,7-8,10-13H2,(H,27,29). The molecular weight excluding hydrogens is 442 g/mol. The fourth-order valence-corrected chi connectivity index (χ4v) is 5.60. The molecule has 1 N–H and O–H groups in total. The van der Waals surface area contributed by atoms with E-state index in [0.29, 0.717) is 5.02 Å². The largest absolute Gasteiger partial charge is 0.484 e. The lowest BCUT2D eigenvalue weighted by Gasteiger charge is -2.73. The van der Waals surface area contributed by atoms with E-state index in [4.69, 9.17) is 27.9 Å². The summed E-state index contributed by atoms with van der Waals surface area (Å²) in [6.07, 6.45) is 3.09. The molecule has 2 aromatic rings. The maximum absolute atomic E-state index is 13.5. The first-order chi connectivity index (χ1) is 14.8. The molecule has 1 heterocycles. The molecule has 1 saturated heterocycles. The Kier molecular flexibility index (Phi) is 4.90. The molecule has 2 bridgehead atoms. The average Bonchev–Trinajstić information content (AvgIpc) is 3.06. The van der Waals surface area contributed by atoms with Crippen molar-refractivity contribution in [3.63, 3.8) is 0 Å². The lowest BCUT2D eigenvalue weighted by molar-refractivity contribution is -0.186. The Balaban J connectivity index is 1.13. The van der Waals surface area contributed by atoms with Crippen LogP contribution in [0.1, 0.15) is 37.2 Å². The van der Waals surface area contributed by atoms with Gasteiger partial charge in [-0.3, -0.25) is 9.59 Å². The molecular formula is C23H21Cl2FN2O3. The molecule has 0 spiro atoms. The Labute approximate surface area is 189 Å². The minimum Gasteiger partial charge on any atom is -0.484 e. The number of amides is 2. The van der Waals surface area contributed by atoms with E-state index < -0.39 is 5.82 Å². The van der Waals surface area contributed by atoms with Crippen molar-refractivity contribution in [1.29, 1.82) is 0 Å². The van der Waals surface area contributed by atoms with Crippen LogP contribution in [-0.2, 0) is 9.59 Å². The van der Waals surface area contributed by atoms with Crippen LogP contribution in [0.25, 0.3) is 0 Å². The van der Waals surface area contributed by atoms with E-state index in [2.05, 4.69) is 5.32 Å². The van der Waals surface area contributed by atoms with Gasteiger partial charge in [0.2, 0.25) is 5.91 Å². The summed E-state index contributed by atoms with van der Waals surface area (Å²) in [6.45, 7) is 0.540. The van der Waals surface area contributed by atoms with E-state index in [-0.39, 0.29) is 46.2 Å². The van der Waals surface area contributed by atoms with E-state index >= 15 is 0 Å². The Morgan fingerprint density at radius 1 is 1.16 bits per heavy atom. The third-order valence-electron chi connectivity index (χ3n) is 6.72. The molecule has 4 fully saturated rings. The number of likely N-dealkylation sites (tertiary alicyclic amines) is 1. The van der Waals surface area contributed by atoms with Crippen molar-refractivity contribution in [1.82, 2.24) is 10.2 Å². The van der Waals surface area contributed by atoms with Gasteiger partial charge < -0.3 is 15.0 Å². The van der Waals surface area contributed by atoms with Crippen molar-refractivity contribution >= 4 is 35.0 Å². The van der Waals surface area contributed by atoms with Gasteiger partial charge in [0, 0.05) is 28.7 Å². The van der Waals surface area contributed by atoms with Crippen molar-refractivity contribution in [3.05, 3.63) is 63.9 Å². The topological polar surface area (TPSA) is 58.6 Å². The number of carbonyl (C=O) groups is 2. The van der Waals surface area contributed by atoms with Crippen molar-refractivity contribution in [2.75, 3.05) is 13.2 Å². The first-order valence-corrected chi connectivity index (χ1v) is 11.0. The molecule has 4 aliphatic rings. The van der Waals surface area contributed by atoms with Gasteiger partial charge in [0.1, 0.15) is 11.6 Å². The van der Waals surface area contributed by atoms with Gasteiger partial charge >= 0.3 is 0 Å². The molecule has 3 aliphatic carbocycles. The first kappa shape index (κ1) is 20.6. The highest BCUT2D eigenvalue weighted by atomic mass is 35.5. The molecule has 0 radical (unpaired) electrons. The van der Waals surface area contributed by atoms with Gasteiger partial charge in [0.15, 0.2) is 6.61 Å². The number of rotatable bonds is 6. The van der Waals surface area contributed by atoms with Gasteiger partial charge in [-0.1, -0.05) is 35.3 Å². The second-order valence-electron chi connectivity index (χ2n) is 8.83. The van der Waals surface area contributed by atoms with Gasteiger partial charge in [0.25, 0.3) is 5.91 Å². The van der Waals surface area contributed by atoms with Crippen molar-refractivity contribution < 1.29 is 18.7 Å². The second-order valence-corrected chi connectivity index (χ2v) is 9.67.